The van der Waals surface area contributed by atoms with Crippen LogP contribution in [0.25, 0.3) is 0 Å². The molecule has 0 radical (unpaired) electrons. The fourth-order valence-electron chi connectivity index (χ4n) is 1.89. The van der Waals surface area contributed by atoms with E-state index in [1.54, 1.807) is 35.1 Å². The Morgan fingerprint density at radius 1 is 1.37 bits per heavy atom. The lowest BCUT2D eigenvalue weighted by molar-refractivity contribution is -0.141. The Morgan fingerprint density at radius 3 is 2.47 bits per heavy atom. The van der Waals surface area contributed by atoms with E-state index in [1.807, 2.05) is 0 Å². The minimum absolute atomic E-state index is 0.00433. The lowest BCUT2D eigenvalue weighted by Gasteiger charge is -2.20. The fraction of sp³-hybridized carbons (Fsp3) is 0.273. The second kappa shape index (κ2) is 4.98. The van der Waals surface area contributed by atoms with Crippen molar-refractivity contribution in [1.29, 1.82) is 0 Å². The predicted molar refractivity (Wildman–Crippen MR) is 65.3 cm³/mol. The van der Waals surface area contributed by atoms with E-state index in [4.69, 9.17) is 5.11 Å². The van der Waals surface area contributed by atoms with Crippen LogP contribution in [0.5, 0.6) is 0 Å². The summed E-state index contributed by atoms with van der Waals surface area (Å²) in [6.07, 6.45) is 0.00433. The summed E-state index contributed by atoms with van der Waals surface area (Å²) in [5.74, 6) is -2.01. The SMILES string of the molecule is O=C1CN([C@H](Cc2ccccc2)C(=O)O)S(=O)(=O)N1. The average Bonchev–Trinajstić information content (AvgIpc) is 2.60. The molecule has 0 bridgehead atoms. The number of carbonyl (C=O) groups excluding carboxylic acids is 1. The van der Waals surface area contributed by atoms with Gasteiger partial charge in [0.15, 0.2) is 0 Å². The number of carboxylic acid groups (broad SMARTS) is 1. The van der Waals surface area contributed by atoms with Gasteiger partial charge in [0, 0.05) is 0 Å². The molecule has 1 saturated heterocycles. The minimum atomic E-state index is -4.05. The summed E-state index contributed by atoms with van der Waals surface area (Å²) in [4.78, 5) is 22.4. The molecule has 1 aliphatic heterocycles. The molecule has 0 aliphatic carbocycles. The quantitative estimate of drug-likeness (QED) is 0.765. The first-order valence-electron chi connectivity index (χ1n) is 5.49. The summed E-state index contributed by atoms with van der Waals surface area (Å²) in [5.41, 5.74) is 0.685. The van der Waals surface area contributed by atoms with Crippen molar-refractivity contribution in [2.45, 2.75) is 12.5 Å². The Kier molecular flexibility index (Phi) is 3.54. The molecule has 0 spiro atoms. The van der Waals surface area contributed by atoms with Crippen molar-refractivity contribution in [3.05, 3.63) is 35.9 Å². The maximum atomic E-state index is 11.6. The van der Waals surface area contributed by atoms with Crippen LogP contribution in [0.1, 0.15) is 5.56 Å². The summed E-state index contributed by atoms with van der Waals surface area (Å²) in [5, 5.41) is 9.17. The summed E-state index contributed by atoms with van der Waals surface area (Å²) < 4.78 is 25.7. The van der Waals surface area contributed by atoms with Gasteiger partial charge in [0.05, 0.1) is 6.54 Å². The predicted octanol–water partition coefficient (Wildman–Crippen LogP) is -0.641. The Morgan fingerprint density at radius 2 is 2.00 bits per heavy atom. The highest BCUT2D eigenvalue weighted by molar-refractivity contribution is 7.88. The topological polar surface area (TPSA) is 104 Å². The zero-order valence-corrected chi connectivity index (χ0v) is 10.6. The van der Waals surface area contributed by atoms with Gasteiger partial charge in [-0.05, 0) is 12.0 Å². The zero-order chi connectivity index (χ0) is 14.0. The van der Waals surface area contributed by atoms with Crippen molar-refractivity contribution >= 4 is 22.1 Å². The molecule has 1 atom stereocenters. The van der Waals surface area contributed by atoms with E-state index in [2.05, 4.69) is 0 Å². The van der Waals surface area contributed by atoms with Crippen LogP contribution < -0.4 is 4.72 Å². The van der Waals surface area contributed by atoms with Gasteiger partial charge in [0.25, 0.3) is 0 Å². The van der Waals surface area contributed by atoms with E-state index in [0.29, 0.717) is 9.87 Å². The smallest absolute Gasteiger partial charge is 0.322 e. The number of benzene rings is 1. The number of nitrogens with one attached hydrogen (secondary N) is 1. The van der Waals surface area contributed by atoms with Crippen LogP contribution in [0.2, 0.25) is 0 Å². The van der Waals surface area contributed by atoms with E-state index in [-0.39, 0.29) is 6.42 Å². The third-order valence-electron chi connectivity index (χ3n) is 2.76. The molecule has 7 nitrogen and oxygen atoms in total. The number of amides is 1. The summed E-state index contributed by atoms with van der Waals surface area (Å²) >= 11 is 0. The molecule has 102 valence electrons. The summed E-state index contributed by atoms with van der Waals surface area (Å²) in [6, 6.07) is 7.34. The van der Waals surface area contributed by atoms with Crippen molar-refractivity contribution < 1.29 is 23.1 Å². The van der Waals surface area contributed by atoms with Gasteiger partial charge in [-0.3, -0.25) is 9.59 Å². The first-order chi connectivity index (χ1) is 8.90. The molecule has 1 aromatic rings. The minimum Gasteiger partial charge on any atom is -0.480 e. The summed E-state index contributed by atoms with van der Waals surface area (Å²) in [6.45, 7) is -0.466. The average molecular weight is 284 g/mol. The lowest BCUT2D eigenvalue weighted by atomic mass is 10.1. The Bertz CT molecular complexity index is 599. The molecule has 1 heterocycles. The second-order valence-electron chi connectivity index (χ2n) is 4.12. The molecule has 1 fully saturated rings. The monoisotopic (exact) mass is 284 g/mol. The van der Waals surface area contributed by atoms with Gasteiger partial charge in [-0.1, -0.05) is 30.3 Å². The summed E-state index contributed by atoms with van der Waals surface area (Å²) in [7, 11) is -4.05. The Balaban J connectivity index is 2.27. The van der Waals surface area contributed by atoms with Gasteiger partial charge in [0.2, 0.25) is 5.91 Å². The number of rotatable bonds is 4. The molecule has 1 aromatic carbocycles. The molecule has 2 N–H and O–H groups in total. The molecule has 1 aliphatic rings. The van der Waals surface area contributed by atoms with E-state index in [1.165, 1.54) is 0 Å². The van der Waals surface area contributed by atoms with Gasteiger partial charge >= 0.3 is 16.2 Å². The first kappa shape index (κ1) is 13.5. The van der Waals surface area contributed by atoms with E-state index in [9.17, 15) is 18.0 Å². The van der Waals surface area contributed by atoms with E-state index in [0.717, 1.165) is 0 Å². The van der Waals surface area contributed by atoms with Crippen molar-refractivity contribution in [3.8, 4) is 0 Å². The number of nitrogens with zero attached hydrogens (tertiary/aromatic N) is 1. The zero-order valence-electron chi connectivity index (χ0n) is 9.81. The van der Waals surface area contributed by atoms with Crippen LogP contribution in [0.4, 0.5) is 0 Å². The molecular weight excluding hydrogens is 272 g/mol. The number of carbonyl (C=O) groups is 2. The molecular formula is C11H12N2O5S. The Hall–Kier alpha value is -1.93. The molecule has 19 heavy (non-hydrogen) atoms. The molecule has 0 saturated carbocycles. The van der Waals surface area contributed by atoms with Crippen molar-refractivity contribution in [2.75, 3.05) is 6.54 Å². The number of hydrogen-bond acceptors (Lipinski definition) is 4. The van der Waals surface area contributed by atoms with Gasteiger partial charge in [-0.15, -0.1) is 0 Å². The lowest BCUT2D eigenvalue weighted by Crippen LogP contribution is -2.44. The fourth-order valence-corrected chi connectivity index (χ4v) is 3.15. The molecule has 0 unspecified atom stereocenters. The molecule has 0 aromatic heterocycles. The first-order valence-corrected chi connectivity index (χ1v) is 6.93. The van der Waals surface area contributed by atoms with Gasteiger partial charge in [-0.2, -0.15) is 12.7 Å². The third kappa shape index (κ3) is 2.91. The second-order valence-corrected chi connectivity index (χ2v) is 5.74. The van der Waals surface area contributed by atoms with E-state index < -0.39 is 34.7 Å². The number of aliphatic carboxylic acids is 1. The maximum absolute atomic E-state index is 11.6. The van der Waals surface area contributed by atoms with Gasteiger partial charge in [0.1, 0.15) is 6.04 Å². The molecule has 2 rings (SSSR count). The van der Waals surface area contributed by atoms with Crippen LogP contribution in [0, 0.1) is 0 Å². The van der Waals surface area contributed by atoms with Crippen LogP contribution in [0.3, 0.4) is 0 Å². The number of hydrogen-bond donors (Lipinski definition) is 2. The van der Waals surface area contributed by atoms with Crippen molar-refractivity contribution in [2.24, 2.45) is 0 Å². The van der Waals surface area contributed by atoms with Crippen molar-refractivity contribution in [3.63, 3.8) is 0 Å². The van der Waals surface area contributed by atoms with Crippen LogP contribution in [0.15, 0.2) is 30.3 Å². The normalized spacial score (nSPS) is 19.9. The highest BCUT2D eigenvalue weighted by Crippen LogP contribution is 2.16. The van der Waals surface area contributed by atoms with Crippen LogP contribution >= 0.6 is 0 Å². The standard InChI is InChI=1S/C11H12N2O5S/c14-10-7-13(19(17,18)12-10)9(11(15)16)6-8-4-2-1-3-5-8/h1-5,9H,6-7H2,(H,12,14)(H,15,16)/t9-/m1/s1. The van der Waals surface area contributed by atoms with Crippen molar-refractivity contribution in [1.82, 2.24) is 9.03 Å². The molecule has 8 heteroatoms. The van der Waals surface area contributed by atoms with Gasteiger partial charge in [-0.25, -0.2) is 4.72 Å². The van der Waals surface area contributed by atoms with E-state index >= 15 is 0 Å². The molecule has 1 amide bonds. The van der Waals surface area contributed by atoms with Gasteiger partial charge < -0.3 is 5.11 Å². The van der Waals surface area contributed by atoms with Crippen LogP contribution in [-0.2, 0) is 26.2 Å². The third-order valence-corrected chi connectivity index (χ3v) is 4.24. The Labute approximate surface area is 110 Å². The highest BCUT2D eigenvalue weighted by Gasteiger charge is 2.42. The largest absolute Gasteiger partial charge is 0.480 e. The van der Waals surface area contributed by atoms with Crippen LogP contribution in [-0.4, -0.2) is 42.3 Å². The maximum Gasteiger partial charge on any atom is 0.322 e. The highest BCUT2D eigenvalue weighted by atomic mass is 32.2. The number of carboxylic acids is 1.